The van der Waals surface area contributed by atoms with Gasteiger partial charge in [-0.05, 0) is 65.2 Å². The standard InChI is InChI=1S/C20H31BrClN/c1-17(2,3)20(18(4,5)6)12-23(19(7,8)9)16-11-15(22)14(21)10-13(16)20/h10-11H,12H2,1-9H3. The summed E-state index contributed by atoms with van der Waals surface area (Å²) in [5, 5.41) is 0.789. The summed E-state index contributed by atoms with van der Waals surface area (Å²) in [5.74, 6) is 0. The van der Waals surface area contributed by atoms with Gasteiger partial charge in [0.25, 0.3) is 0 Å². The van der Waals surface area contributed by atoms with Crippen LogP contribution < -0.4 is 4.90 Å². The second kappa shape index (κ2) is 5.39. The van der Waals surface area contributed by atoms with Crippen molar-refractivity contribution >= 4 is 33.2 Å². The first-order valence-electron chi connectivity index (χ1n) is 8.40. The van der Waals surface area contributed by atoms with Crippen LogP contribution in [0.15, 0.2) is 16.6 Å². The van der Waals surface area contributed by atoms with Crippen LogP contribution in [0.2, 0.25) is 5.02 Å². The molecule has 2 rings (SSSR count). The number of rotatable bonds is 0. The maximum absolute atomic E-state index is 6.46. The molecule has 0 aliphatic carbocycles. The first kappa shape index (κ1) is 19.1. The van der Waals surface area contributed by atoms with Crippen LogP contribution in [-0.2, 0) is 5.41 Å². The van der Waals surface area contributed by atoms with Gasteiger partial charge in [0.15, 0.2) is 0 Å². The Bertz CT molecular complexity index is 600. The lowest BCUT2D eigenvalue weighted by atomic mass is 9.52. The zero-order valence-corrected chi connectivity index (χ0v) is 18.4. The highest BCUT2D eigenvalue weighted by Gasteiger charge is 2.58. The molecule has 0 N–H and O–H groups in total. The predicted octanol–water partition coefficient (Wildman–Crippen LogP) is 7.05. The van der Waals surface area contributed by atoms with Crippen LogP contribution >= 0.6 is 27.5 Å². The molecule has 0 amide bonds. The minimum absolute atomic E-state index is 0.0513. The van der Waals surface area contributed by atoms with Gasteiger partial charge < -0.3 is 4.90 Å². The Morgan fingerprint density at radius 1 is 0.957 bits per heavy atom. The molecule has 1 aromatic rings. The number of halogens is 2. The van der Waals surface area contributed by atoms with Crippen molar-refractivity contribution in [1.82, 2.24) is 0 Å². The van der Waals surface area contributed by atoms with E-state index in [1.165, 1.54) is 11.3 Å². The zero-order chi connectivity index (χ0) is 18.0. The van der Waals surface area contributed by atoms with E-state index in [0.717, 1.165) is 16.0 Å². The summed E-state index contributed by atoms with van der Waals surface area (Å²) in [6.45, 7) is 22.1. The fraction of sp³-hybridized carbons (Fsp3) is 0.700. The van der Waals surface area contributed by atoms with E-state index >= 15 is 0 Å². The summed E-state index contributed by atoms with van der Waals surface area (Å²) in [6.07, 6.45) is 0. The van der Waals surface area contributed by atoms with Crippen molar-refractivity contribution in [2.75, 3.05) is 11.4 Å². The molecule has 1 aliphatic heterocycles. The van der Waals surface area contributed by atoms with Crippen LogP contribution in [0.25, 0.3) is 0 Å². The molecule has 3 heteroatoms. The van der Waals surface area contributed by atoms with E-state index < -0.39 is 0 Å². The molecule has 0 aromatic heterocycles. The predicted molar refractivity (Wildman–Crippen MR) is 107 cm³/mol. The van der Waals surface area contributed by atoms with Crippen molar-refractivity contribution < 1.29 is 0 Å². The number of hydrogen-bond donors (Lipinski definition) is 0. The first-order valence-corrected chi connectivity index (χ1v) is 9.57. The molecule has 130 valence electrons. The third-order valence-corrected chi connectivity index (χ3v) is 6.75. The van der Waals surface area contributed by atoms with Gasteiger partial charge in [-0.3, -0.25) is 0 Å². The quantitative estimate of drug-likeness (QED) is 0.451. The lowest BCUT2D eigenvalue weighted by molar-refractivity contribution is 0.0635. The van der Waals surface area contributed by atoms with Crippen LogP contribution in [0.1, 0.15) is 67.9 Å². The average Bonchev–Trinajstić information content (AvgIpc) is 2.63. The maximum Gasteiger partial charge on any atom is 0.0568 e. The van der Waals surface area contributed by atoms with Gasteiger partial charge in [-0.25, -0.2) is 0 Å². The van der Waals surface area contributed by atoms with Crippen LogP contribution in [0.4, 0.5) is 5.69 Å². The molecular formula is C20H31BrClN. The minimum atomic E-state index is 0.0513. The molecule has 0 fully saturated rings. The van der Waals surface area contributed by atoms with Crippen LogP contribution in [0, 0.1) is 10.8 Å². The molecule has 0 saturated carbocycles. The highest BCUT2D eigenvalue weighted by molar-refractivity contribution is 9.10. The fourth-order valence-electron chi connectivity index (χ4n) is 4.51. The molecule has 0 bridgehead atoms. The molecule has 0 unspecified atom stereocenters. The van der Waals surface area contributed by atoms with E-state index in [2.05, 4.69) is 95.3 Å². The Morgan fingerprint density at radius 2 is 1.43 bits per heavy atom. The number of anilines is 1. The van der Waals surface area contributed by atoms with Crippen molar-refractivity contribution in [2.24, 2.45) is 10.8 Å². The molecular weight excluding hydrogens is 370 g/mol. The smallest absolute Gasteiger partial charge is 0.0568 e. The van der Waals surface area contributed by atoms with Crippen molar-refractivity contribution in [3.05, 3.63) is 27.2 Å². The largest absolute Gasteiger partial charge is 0.365 e. The molecule has 0 spiro atoms. The number of nitrogens with zero attached hydrogens (tertiary/aromatic N) is 1. The summed E-state index contributed by atoms with van der Waals surface area (Å²) in [6, 6.07) is 4.41. The Labute approximate surface area is 155 Å². The SMILES string of the molecule is CC(C)(C)N1CC(C(C)(C)C)(C(C)(C)C)c2cc(Br)c(Cl)cc21. The molecule has 23 heavy (non-hydrogen) atoms. The van der Waals surface area contributed by atoms with E-state index in [9.17, 15) is 0 Å². The van der Waals surface area contributed by atoms with E-state index in [-0.39, 0.29) is 21.8 Å². The normalized spacial score (nSPS) is 18.3. The monoisotopic (exact) mass is 399 g/mol. The Balaban J connectivity index is 2.87. The summed E-state index contributed by atoms with van der Waals surface area (Å²) in [5.41, 5.74) is 3.08. The lowest BCUT2D eigenvalue weighted by Gasteiger charge is -2.53. The zero-order valence-electron chi connectivity index (χ0n) is 16.1. The van der Waals surface area contributed by atoms with Gasteiger partial charge >= 0.3 is 0 Å². The van der Waals surface area contributed by atoms with Crippen molar-refractivity contribution in [3.8, 4) is 0 Å². The van der Waals surface area contributed by atoms with Crippen LogP contribution in [-0.4, -0.2) is 12.1 Å². The molecule has 0 saturated heterocycles. The molecule has 1 aromatic carbocycles. The van der Waals surface area contributed by atoms with Crippen molar-refractivity contribution in [3.63, 3.8) is 0 Å². The summed E-state index contributed by atoms with van der Waals surface area (Å²) in [7, 11) is 0. The molecule has 1 nitrogen and oxygen atoms in total. The van der Waals surface area contributed by atoms with E-state index in [4.69, 9.17) is 11.6 Å². The summed E-state index contributed by atoms with van der Waals surface area (Å²) in [4.78, 5) is 2.54. The number of fused-ring (bicyclic) bond motifs is 1. The van der Waals surface area contributed by atoms with Gasteiger partial charge in [-0.2, -0.15) is 0 Å². The second-order valence-electron chi connectivity index (χ2n) is 9.95. The minimum Gasteiger partial charge on any atom is -0.365 e. The van der Waals surface area contributed by atoms with E-state index in [1.54, 1.807) is 0 Å². The highest BCUT2D eigenvalue weighted by atomic mass is 79.9. The fourth-order valence-corrected chi connectivity index (χ4v) is 5.02. The molecule has 1 heterocycles. The van der Waals surface area contributed by atoms with Gasteiger partial charge in [0.05, 0.1) is 5.02 Å². The molecule has 0 radical (unpaired) electrons. The third-order valence-electron chi connectivity index (χ3n) is 5.55. The van der Waals surface area contributed by atoms with E-state index in [1.807, 2.05) is 0 Å². The Kier molecular flexibility index (Phi) is 4.48. The van der Waals surface area contributed by atoms with Crippen LogP contribution in [0.3, 0.4) is 0 Å². The first-order chi connectivity index (χ1) is 10.1. The molecule has 0 atom stereocenters. The highest BCUT2D eigenvalue weighted by Crippen LogP contribution is 2.61. The van der Waals surface area contributed by atoms with Crippen LogP contribution in [0.5, 0.6) is 0 Å². The second-order valence-corrected chi connectivity index (χ2v) is 11.2. The van der Waals surface area contributed by atoms with Gasteiger partial charge in [-0.1, -0.05) is 53.1 Å². The van der Waals surface area contributed by atoms with Gasteiger partial charge in [-0.15, -0.1) is 0 Å². The topological polar surface area (TPSA) is 3.24 Å². The number of hydrogen-bond acceptors (Lipinski definition) is 1. The van der Waals surface area contributed by atoms with Gasteiger partial charge in [0.1, 0.15) is 0 Å². The summed E-state index contributed by atoms with van der Waals surface area (Å²) < 4.78 is 0.992. The van der Waals surface area contributed by atoms with Gasteiger partial charge in [0.2, 0.25) is 0 Å². The average molecular weight is 401 g/mol. The lowest BCUT2D eigenvalue weighted by Crippen LogP contribution is -2.55. The Morgan fingerprint density at radius 3 is 1.83 bits per heavy atom. The number of benzene rings is 1. The van der Waals surface area contributed by atoms with Crippen molar-refractivity contribution in [1.29, 1.82) is 0 Å². The van der Waals surface area contributed by atoms with Gasteiger partial charge in [0, 0.05) is 27.7 Å². The van der Waals surface area contributed by atoms with Crippen molar-refractivity contribution in [2.45, 2.75) is 73.3 Å². The summed E-state index contributed by atoms with van der Waals surface area (Å²) >= 11 is 10.1. The Hall–Kier alpha value is -0.210. The third kappa shape index (κ3) is 2.84. The molecule has 1 aliphatic rings. The maximum atomic E-state index is 6.46. The van der Waals surface area contributed by atoms with E-state index in [0.29, 0.717) is 0 Å².